The zero-order valence-corrected chi connectivity index (χ0v) is 7.01. The molecular weight excluding hydrogens is 181 g/mol. The molecule has 0 aliphatic carbocycles. The fraction of sp³-hybridized carbons (Fsp3) is 0.143. The van der Waals surface area contributed by atoms with Crippen molar-refractivity contribution in [3.05, 3.63) is 23.2 Å². The molecule has 0 saturated heterocycles. The van der Waals surface area contributed by atoms with Crippen molar-refractivity contribution in [3.63, 3.8) is 0 Å². The van der Waals surface area contributed by atoms with E-state index in [1.165, 1.54) is 4.68 Å². The predicted octanol–water partition coefficient (Wildman–Crippen LogP) is 1.76. The molecule has 0 atom stereocenters. The van der Waals surface area contributed by atoms with Gasteiger partial charge in [-0.2, -0.15) is 5.10 Å². The molecule has 0 saturated carbocycles. The van der Waals surface area contributed by atoms with Gasteiger partial charge in [0.2, 0.25) is 0 Å². The van der Waals surface area contributed by atoms with Gasteiger partial charge in [-0.25, -0.2) is 9.37 Å². The maximum Gasteiger partial charge on any atom is 0.162 e. The Labute approximate surface area is 72.8 Å². The monoisotopic (exact) mass is 185 g/mol. The van der Waals surface area contributed by atoms with Crippen molar-refractivity contribution in [1.82, 2.24) is 14.8 Å². The molecule has 0 amide bonds. The van der Waals surface area contributed by atoms with Crippen LogP contribution in [0, 0.1) is 5.82 Å². The topological polar surface area (TPSA) is 30.7 Å². The highest BCUT2D eigenvalue weighted by Crippen LogP contribution is 2.23. The minimum absolute atomic E-state index is 0.0694. The Balaban J connectivity index is 2.96. The van der Waals surface area contributed by atoms with Crippen LogP contribution in [0.4, 0.5) is 4.39 Å². The summed E-state index contributed by atoms with van der Waals surface area (Å²) in [5.74, 6) is -0.521. The lowest BCUT2D eigenvalue weighted by molar-refractivity contribution is 0.623. The lowest BCUT2D eigenvalue weighted by atomic mass is 10.4. The molecular formula is C7H5ClFN3. The normalized spacial score (nSPS) is 10.9. The van der Waals surface area contributed by atoms with Crippen LogP contribution in [0.5, 0.6) is 0 Å². The van der Waals surface area contributed by atoms with E-state index in [2.05, 4.69) is 10.1 Å². The molecule has 62 valence electrons. The third-order valence-electron chi connectivity index (χ3n) is 1.65. The standard InChI is InChI=1S/C7H5ClFN3/c1-12-7-5(3-11-12)10-2-4(9)6(7)8/h2-3H,1H3. The molecule has 12 heavy (non-hydrogen) atoms. The van der Waals surface area contributed by atoms with Crippen molar-refractivity contribution in [2.45, 2.75) is 0 Å². The Hall–Kier alpha value is -1.16. The lowest BCUT2D eigenvalue weighted by Gasteiger charge is -1.96. The zero-order chi connectivity index (χ0) is 8.72. The maximum absolute atomic E-state index is 12.9. The number of aryl methyl sites for hydroxylation is 1. The van der Waals surface area contributed by atoms with Crippen LogP contribution in [0.2, 0.25) is 5.02 Å². The Morgan fingerprint density at radius 2 is 2.25 bits per heavy atom. The number of hydrogen-bond donors (Lipinski definition) is 0. The summed E-state index contributed by atoms with van der Waals surface area (Å²) in [6.07, 6.45) is 2.63. The van der Waals surface area contributed by atoms with Gasteiger partial charge in [-0.15, -0.1) is 0 Å². The van der Waals surface area contributed by atoms with E-state index in [1.54, 1.807) is 13.2 Å². The van der Waals surface area contributed by atoms with Crippen LogP contribution in [0.3, 0.4) is 0 Å². The fourth-order valence-corrected chi connectivity index (χ4v) is 1.34. The molecule has 2 rings (SSSR count). The fourth-order valence-electron chi connectivity index (χ4n) is 1.07. The second-order valence-corrected chi connectivity index (χ2v) is 2.80. The van der Waals surface area contributed by atoms with Gasteiger partial charge in [0.05, 0.1) is 12.4 Å². The molecule has 0 aliphatic heterocycles. The average molecular weight is 186 g/mol. The first-order valence-electron chi connectivity index (χ1n) is 3.32. The molecule has 0 N–H and O–H groups in total. The van der Waals surface area contributed by atoms with Gasteiger partial charge in [-0.3, -0.25) is 4.68 Å². The van der Waals surface area contributed by atoms with Gasteiger partial charge in [0.25, 0.3) is 0 Å². The average Bonchev–Trinajstić information content (AvgIpc) is 2.41. The van der Waals surface area contributed by atoms with Crippen LogP contribution >= 0.6 is 11.6 Å². The summed E-state index contributed by atoms with van der Waals surface area (Å²) >= 11 is 5.70. The number of pyridine rings is 1. The minimum Gasteiger partial charge on any atom is -0.265 e. The summed E-state index contributed by atoms with van der Waals surface area (Å²) in [6.45, 7) is 0. The summed E-state index contributed by atoms with van der Waals surface area (Å²) in [5, 5.41) is 3.97. The van der Waals surface area contributed by atoms with Crippen LogP contribution in [0.1, 0.15) is 0 Å². The van der Waals surface area contributed by atoms with Crippen molar-refractivity contribution in [2.75, 3.05) is 0 Å². The molecule has 2 aromatic rings. The molecule has 3 nitrogen and oxygen atoms in total. The van der Waals surface area contributed by atoms with Gasteiger partial charge in [0, 0.05) is 7.05 Å². The largest absolute Gasteiger partial charge is 0.265 e. The van der Waals surface area contributed by atoms with Crippen LogP contribution in [0.15, 0.2) is 12.4 Å². The number of fused-ring (bicyclic) bond motifs is 1. The Bertz CT molecular complexity index is 437. The van der Waals surface area contributed by atoms with Gasteiger partial charge in [0.1, 0.15) is 16.1 Å². The van der Waals surface area contributed by atoms with Crippen molar-refractivity contribution < 1.29 is 4.39 Å². The maximum atomic E-state index is 12.9. The molecule has 5 heteroatoms. The molecule has 0 aliphatic rings. The van der Waals surface area contributed by atoms with Crippen LogP contribution in [-0.2, 0) is 7.05 Å². The van der Waals surface area contributed by atoms with Crippen LogP contribution in [0.25, 0.3) is 11.0 Å². The van der Waals surface area contributed by atoms with Crippen molar-refractivity contribution in [2.24, 2.45) is 7.05 Å². The van der Waals surface area contributed by atoms with Gasteiger partial charge in [0.15, 0.2) is 5.82 Å². The van der Waals surface area contributed by atoms with E-state index >= 15 is 0 Å². The Morgan fingerprint density at radius 3 is 3.00 bits per heavy atom. The van der Waals surface area contributed by atoms with Crippen molar-refractivity contribution >= 4 is 22.6 Å². The van der Waals surface area contributed by atoms with Gasteiger partial charge in [-0.1, -0.05) is 11.6 Å². The van der Waals surface area contributed by atoms with Gasteiger partial charge >= 0.3 is 0 Å². The van der Waals surface area contributed by atoms with Crippen LogP contribution < -0.4 is 0 Å². The van der Waals surface area contributed by atoms with E-state index in [0.29, 0.717) is 11.0 Å². The lowest BCUT2D eigenvalue weighted by Crippen LogP contribution is -1.91. The van der Waals surface area contributed by atoms with Crippen molar-refractivity contribution in [3.8, 4) is 0 Å². The predicted molar refractivity (Wildman–Crippen MR) is 43.5 cm³/mol. The summed E-state index contributed by atoms with van der Waals surface area (Å²) in [6, 6.07) is 0. The second-order valence-electron chi connectivity index (χ2n) is 2.42. The SMILES string of the molecule is Cn1ncc2ncc(F)c(Cl)c21. The summed E-state index contributed by atoms with van der Waals surface area (Å²) < 4.78 is 14.4. The van der Waals surface area contributed by atoms with E-state index in [0.717, 1.165) is 6.20 Å². The highest BCUT2D eigenvalue weighted by molar-refractivity contribution is 6.35. The van der Waals surface area contributed by atoms with E-state index in [-0.39, 0.29) is 5.02 Å². The first kappa shape index (κ1) is 7.49. The quantitative estimate of drug-likeness (QED) is 0.626. The smallest absolute Gasteiger partial charge is 0.162 e. The Morgan fingerprint density at radius 1 is 1.50 bits per heavy atom. The van der Waals surface area contributed by atoms with E-state index in [4.69, 9.17) is 11.6 Å². The number of aromatic nitrogens is 3. The molecule has 0 bridgehead atoms. The third kappa shape index (κ3) is 0.881. The highest BCUT2D eigenvalue weighted by Gasteiger charge is 2.09. The molecule has 2 heterocycles. The number of halogens is 2. The van der Waals surface area contributed by atoms with Gasteiger partial charge < -0.3 is 0 Å². The van der Waals surface area contributed by atoms with Crippen molar-refractivity contribution in [1.29, 1.82) is 0 Å². The molecule has 0 aromatic carbocycles. The summed E-state index contributed by atoms with van der Waals surface area (Å²) in [7, 11) is 1.69. The van der Waals surface area contributed by atoms with E-state index in [1.807, 2.05) is 0 Å². The molecule has 0 fully saturated rings. The first-order valence-corrected chi connectivity index (χ1v) is 3.69. The molecule has 0 unspecified atom stereocenters. The summed E-state index contributed by atoms with van der Waals surface area (Å²) in [4.78, 5) is 3.82. The van der Waals surface area contributed by atoms with E-state index < -0.39 is 5.82 Å². The molecule has 0 spiro atoms. The van der Waals surface area contributed by atoms with Gasteiger partial charge in [-0.05, 0) is 0 Å². The zero-order valence-electron chi connectivity index (χ0n) is 6.25. The number of rotatable bonds is 0. The summed E-state index contributed by atoms with van der Waals surface area (Å²) in [5.41, 5.74) is 1.13. The highest BCUT2D eigenvalue weighted by atomic mass is 35.5. The number of hydrogen-bond acceptors (Lipinski definition) is 2. The molecule has 2 aromatic heterocycles. The Kier molecular flexibility index (Phi) is 1.51. The van der Waals surface area contributed by atoms with E-state index in [9.17, 15) is 4.39 Å². The minimum atomic E-state index is -0.521. The second kappa shape index (κ2) is 2.42. The number of nitrogens with zero attached hydrogens (tertiary/aromatic N) is 3. The first-order chi connectivity index (χ1) is 5.70. The molecule has 0 radical (unpaired) electrons. The van der Waals surface area contributed by atoms with Crippen LogP contribution in [-0.4, -0.2) is 14.8 Å². The third-order valence-corrected chi connectivity index (χ3v) is 2.01.